The van der Waals surface area contributed by atoms with E-state index in [2.05, 4.69) is 5.32 Å². The second kappa shape index (κ2) is 4.96. The van der Waals surface area contributed by atoms with Crippen LogP contribution in [0.5, 0.6) is 0 Å². The molecule has 16 heavy (non-hydrogen) atoms. The summed E-state index contributed by atoms with van der Waals surface area (Å²) < 4.78 is 9.53. The zero-order valence-corrected chi connectivity index (χ0v) is 9.37. The molecule has 6 nitrogen and oxygen atoms in total. The average molecular weight is 229 g/mol. The molecule has 0 aromatic heterocycles. The maximum Gasteiger partial charge on any atom is 0.333 e. The minimum absolute atomic E-state index is 0.0868. The van der Waals surface area contributed by atoms with E-state index in [1.807, 2.05) is 0 Å². The minimum atomic E-state index is -1.80. The molecule has 0 aromatic carbocycles. The van der Waals surface area contributed by atoms with Crippen molar-refractivity contribution in [1.82, 2.24) is 5.32 Å². The molecular weight excluding hydrogens is 214 g/mol. The SMILES string of the molecule is CCOC(=O)C1(C(=O)OCC)CCNC1=O. The van der Waals surface area contributed by atoms with Gasteiger partial charge >= 0.3 is 11.9 Å². The lowest BCUT2D eigenvalue weighted by Gasteiger charge is -2.21. The smallest absolute Gasteiger partial charge is 0.333 e. The lowest BCUT2D eigenvalue weighted by Crippen LogP contribution is -2.47. The summed E-state index contributed by atoms with van der Waals surface area (Å²) in [6, 6.07) is 0. The van der Waals surface area contributed by atoms with Crippen molar-refractivity contribution in [1.29, 1.82) is 0 Å². The van der Waals surface area contributed by atoms with E-state index in [1.54, 1.807) is 13.8 Å². The Hall–Kier alpha value is -1.59. The Morgan fingerprint density at radius 3 is 2.06 bits per heavy atom. The van der Waals surface area contributed by atoms with Gasteiger partial charge in [0.1, 0.15) is 0 Å². The van der Waals surface area contributed by atoms with Gasteiger partial charge in [0.2, 0.25) is 11.3 Å². The highest BCUT2D eigenvalue weighted by atomic mass is 16.6. The van der Waals surface area contributed by atoms with E-state index in [4.69, 9.17) is 9.47 Å². The summed E-state index contributed by atoms with van der Waals surface area (Å²) in [5, 5.41) is 2.45. The summed E-state index contributed by atoms with van der Waals surface area (Å²) >= 11 is 0. The third-order valence-electron chi connectivity index (χ3n) is 2.42. The molecule has 0 radical (unpaired) electrons. The van der Waals surface area contributed by atoms with Crippen molar-refractivity contribution in [2.45, 2.75) is 20.3 Å². The number of rotatable bonds is 4. The van der Waals surface area contributed by atoms with Crippen molar-refractivity contribution in [3.05, 3.63) is 0 Å². The summed E-state index contributed by atoms with van der Waals surface area (Å²) in [5.74, 6) is -2.30. The summed E-state index contributed by atoms with van der Waals surface area (Å²) in [5.41, 5.74) is -1.80. The largest absolute Gasteiger partial charge is 0.465 e. The van der Waals surface area contributed by atoms with Crippen molar-refractivity contribution < 1.29 is 23.9 Å². The molecule has 1 aliphatic rings. The monoisotopic (exact) mass is 229 g/mol. The predicted molar refractivity (Wildman–Crippen MR) is 53.3 cm³/mol. The molecule has 1 N–H and O–H groups in total. The molecule has 1 fully saturated rings. The second-order valence-electron chi connectivity index (χ2n) is 3.35. The van der Waals surface area contributed by atoms with E-state index < -0.39 is 23.3 Å². The Labute approximate surface area is 93.3 Å². The zero-order chi connectivity index (χ0) is 12.2. The van der Waals surface area contributed by atoms with Crippen molar-refractivity contribution in [2.24, 2.45) is 5.41 Å². The summed E-state index contributed by atoms with van der Waals surface area (Å²) in [6.07, 6.45) is 0.0868. The summed E-state index contributed by atoms with van der Waals surface area (Å²) in [6.45, 7) is 3.74. The summed E-state index contributed by atoms with van der Waals surface area (Å²) in [4.78, 5) is 35.0. The first-order chi connectivity index (χ1) is 7.59. The average Bonchev–Trinajstić information content (AvgIpc) is 2.62. The van der Waals surface area contributed by atoms with Crippen LogP contribution in [0.3, 0.4) is 0 Å². The summed E-state index contributed by atoms with van der Waals surface area (Å²) in [7, 11) is 0. The molecule has 1 rings (SSSR count). The van der Waals surface area contributed by atoms with Crippen LogP contribution in [0.4, 0.5) is 0 Å². The number of carbonyl (C=O) groups is 3. The number of hydrogen-bond acceptors (Lipinski definition) is 5. The van der Waals surface area contributed by atoms with E-state index in [-0.39, 0.29) is 26.2 Å². The molecule has 90 valence electrons. The Morgan fingerprint density at radius 1 is 1.25 bits per heavy atom. The van der Waals surface area contributed by atoms with Gasteiger partial charge in [0.25, 0.3) is 0 Å². The van der Waals surface area contributed by atoms with Crippen LogP contribution >= 0.6 is 0 Å². The molecule has 1 aliphatic heterocycles. The van der Waals surface area contributed by atoms with Gasteiger partial charge in [-0.25, -0.2) is 0 Å². The molecule has 6 heteroatoms. The molecule has 1 saturated heterocycles. The second-order valence-corrected chi connectivity index (χ2v) is 3.35. The van der Waals surface area contributed by atoms with Gasteiger partial charge in [-0.15, -0.1) is 0 Å². The van der Waals surface area contributed by atoms with E-state index >= 15 is 0 Å². The first-order valence-corrected chi connectivity index (χ1v) is 5.22. The topological polar surface area (TPSA) is 81.7 Å². The van der Waals surface area contributed by atoms with Gasteiger partial charge in [0.05, 0.1) is 13.2 Å². The van der Waals surface area contributed by atoms with E-state index in [9.17, 15) is 14.4 Å². The first-order valence-electron chi connectivity index (χ1n) is 5.22. The molecule has 0 bridgehead atoms. The lowest BCUT2D eigenvalue weighted by atomic mass is 9.86. The Morgan fingerprint density at radius 2 is 1.75 bits per heavy atom. The van der Waals surface area contributed by atoms with Crippen LogP contribution in [0.25, 0.3) is 0 Å². The fourth-order valence-electron chi connectivity index (χ4n) is 1.61. The third kappa shape index (κ3) is 1.87. The van der Waals surface area contributed by atoms with Crippen molar-refractivity contribution in [3.8, 4) is 0 Å². The normalized spacial score (nSPS) is 17.8. The van der Waals surface area contributed by atoms with Gasteiger partial charge in [0.15, 0.2) is 0 Å². The molecule has 0 aromatic rings. The Kier molecular flexibility index (Phi) is 3.87. The number of ether oxygens (including phenoxy) is 2. The van der Waals surface area contributed by atoms with Gasteiger partial charge in [-0.05, 0) is 13.8 Å². The van der Waals surface area contributed by atoms with Crippen molar-refractivity contribution in [3.63, 3.8) is 0 Å². The molecular formula is C10H15NO5. The standard InChI is InChI=1S/C10H15NO5/c1-3-15-8(13)10(9(14)16-4-2)5-6-11-7(10)12/h3-6H2,1-2H3,(H,11,12). The molecule has 0 unspecified atom stereocenters. The number of amides is 1. The predicted octanol–water partition coefficient (Wildman–Crippen LogP) is -0.381. The van der Waals surface area contributed by atoms with Gasteiger partial charge in [-0.1, -0.05) is 0 Å². The van der Waals surface area contributed by atoms with Crippen LogP contribution in [0, 0.1) is 5.41 Å². The quantitative estimate of drug-likeness (QED) is 0.525. The Balaban J connectivity index is 2.97. The van der Waals surface area contributed by atoms with Gasteiger partial charge in [-0.3, -0.25) is 14.4 Å². The zero-order valence-electron chi connectivity index (χ0n) is 9.37. The molecule has 0 spiro atoms. The van der Waals surface area contributed by atoms with E-state index in [0.29, 0.717) is 0 Å². The Bertz CT molecular complexity index is 294. The van der Waals surface area contributed by atoms with Gasteiger partial charge in [-0.2, -0.15) is 0 Å². The van der Waals surface area contributed by atoms with E-state index in [1.165, 1.54) is 0 Å². The lowest BCUT2D eigenvalue weighted by molar-refractivity contribution is -0.173. The molecule has 0 aliphatic carbocycles. The van der Waals surface area contributed by atoms with Crippen LogP contribution in [0.2, 0.25) is 0 Å². The van der Waals surface area contributed by atoms with Crippen LogP contribution in [-0.2, 0) is 23.9 Å². The number of hydrogen-bond donors (Lipinski definition) is 1. The van der Waals surface area contributed by atoms with Crippen LogP contribution in [-0.4, -0.2) is 37.6 Å². The maximum absolute atomic E-state index is 11.7. The number of esters is 2. The van der Waals surface area contributed by atoms with Gasteiger partial charge in [0, 0.05) is 13.0 Å². The first kappa shape index (κ1) is 12.5. The molecule has 0 atom stereocenters. The fourth-order valence-corrected chi connectivity index (χ4v) is 1.61. The van der Waals surface area contributed by atoms with Crippen molar-refractivity contribution >= 4 is 17.8 Å². The molecule has 1 heterocycles. The highest BCUT2D eigenvalue weighted by Crippen LogP contribution is 2.30. The van der Waals surface area contributed by atoms with Crippen LogP contribution in [0.1, 0.15) is 20.3 Å². The van der Waals surface area contributed by atoms with E-state index in [0.717, 1.165) is 0 Å². The van der Waals surface area contributed by atoms with Crippen LogP contribution in [0.15, 0.2) is 0 Å². The number of nitrogens with one attached hydrogen (secondary N) is 1. The minimum Gasteiger partial charge on any atom is -0.465 e. The highest BCUT2D eigenvalue weighted by Gasteiger charge is 2.58. The number of carbonyl (C=O) groups excluding carboxylic acids is 3. The fraction of sp³-hybridized carbons (Fsp3) is 0.700. The van der Waals surface area contributed by atoms with Crippen LogP contribution < -0.4 is 5.32 Å². The highest BCUT2D eigenvalue weighted by molar-refractivity contribution is 6.20. The third-order valence-corrected chi connectivity index (χ3v) is 2.42. The maximum atomic E-state index is 11.7. The van der Waals surface area contributed by atoms with Crippen molar-refractivity contribution in [2.75, 3.05) is 19.8 Å². The van der Waals surface area contributed by atoms with Gasteiger partial charge < -0.3 is 14.8 Å². The molecule has 0 saturated carbocycles. The molecule has 1 amide bonds.